The van der Waals surface area contributed by atoms with Crippen molar-refractivity contribution in [3.8, 4) is 5.69 Å². The zero-order valence-corrected chi connectivity index (χ0v) is 17.5. The van der Waals surface area contributed by atoms with E-state index in [2.05, 4.69) is 15.1 Å². The van der Waals surface area contributed by atoms with E-state index in [1.54, 1.807) is 6.07 Å². The van der Waals surface area contributed by atoms with Crippen LogP contribution in [-0.2, 0) is 0 Å². The molecule has 146 valence electrons. The maximum absolute atomic E-state index is 10.6. The molecule has 1 atom stereocenters. The third-order valence-corrected chi connectivity index (χ3v) is 6.40. The molecule has 28 heavy (non-hydrogen) atoms. The molecule has 1 saturated heterocycles. The number of aromatic nitrogens is 3. The van der Waals surface area contributed by atoms with Crippen LogP contribution in [0.1, 0.15) is 24.5 Å². The molecule has 1 fully saturated rings. The lowest BCUT2D eigenvalue weighted by Gasteiger charge is -2.19. The van der Waals surface area contributed by atoms with Crippen LogP contribution in [0.2, 0.25) is 10.0 Å². The molecule has 3 aromatic rings. The van der Waals surface area contributed by atoms with E-state index in [1.807, 2.05) is 47.0 Å². The van der Waals surface area contributed by atoms with Gasteiger partial charge in [-0.2, -0.15) is 0 Å². The molecule has 0 aliphatic carbocycles. The Bertz CT molecular complexity index is 959. The van der Waals surface area contributed by atoms with Crippen LogP contribution in [0.15, 0.2) is 53.7 Å². The Morgan fingerprint density at radius 2 is 1.64 bits per heavy atom. The summed E-state index contributed by atoms with van der Waals surface area (Å²) in [4.78, 5) is 2.23. The summed E-state index contributed by atoms with van der Waals surface area (Å²) in [6.07, 6.45) is 1.58. The Labute approximate surface area is 178 Å². The van der Waals surface area contributed by atoms with Gasteiger partial charge in [-0.3, -0.25) is 4.57 Å². The summed E-state index contributed by atoms with van der Waals surface area (Å²) in [6.45, 7) is 1.91. The molecular weight excluding hydrogens is 415 g/mol. The van der Waals surface area contributed by atoms with Gasteiger partial charge in [0.1, 0.15) is 0 Å². The average Bonchev–Trinajstić information content (AvgIpc) is 3.36. The van der Waals surface area contributed by atoms with Gasteiger partial charge >= 0.3 is 0 Å². The molecule has 8 heteroatoms. The molecule has 2 heterocycles. The van der Waals surface area contributed by atoms with E-state index in [1.165, 1.54) is 11.8 Å². The van der Waals surface area contributed by atoms with Crippen molar-refractivity contribution >= 4 is 40.9 Å². The van der Waals surface area contributed by atoms with Gasteiger partial charge in [0.2, 0.25) is 5.95 Å². The fourth-order valence-corrected chi connectivity index (χ4v) is 4.69. The van der Waals surface area contributed by atoms with E-state index >= 15 is 0 Å². The Morgan fingerprint density at radius 1 is 0.964 bits per heavy atom. The second-order valence-electron chi connectivity index (χ2n) is 6.61. The molecule has 1 unspecified atom stereocenters. The number of aliphatic hydroxyl groups is 1. The van der Waals surface area contributed by atoms with Crippen LogP contribution in [0.5, 0.6) is 0 Å². The number of anilines is 1. The van der Waals surface area contributed by atoms with Crippen molar-refractivity contribution in [2.75, 3.05) is 23.7 Å². The largest absolute Gasteiger partial charge is 0.387 e. The van der Waals surface area contributed by atoms with Crippen molar-refractivity contribution < 1.29 is 5.11 Å². The highest BCUT2D eigenvalue weighted by molar-refractivity contribution is 7.99. The number of thioether (sulfide) groups is 1. The summed E-state index contributed by atoms with van der Waals surface area (Å²) >= 11 is 14.1. The van der Waals surface area contributed by atoms with Crippen LogP contribution in [0.3, 0.4) is 0 Å². The van der Waals surface area contributed by atoms with Gasteiger partial charge in [0, 0.05) is 23.9 Å². The Kier molecular flexibility index (Phi) is 6.11. The molecule has 4 rings (SSSR count). The highest BCUT2D eigenvalue weighted by atomic mass is 35.5. The van der Waals surface area contributed by atoms with Crippen molar-refractivity contribution in [3.05, 3.63) is 64.1 Å². The van der Waals surface area contributed by atoms with E-state index in [-0.39, 0.29) is 0 Å². The van der Waals surface area contributed by atoms with Gasteiger partial charge in [-0.1, -0.05) is 65.3 Å². The summed E-state index contributed by atoms with van der Waals surface area (Å²) in [5.41, 5.74) is 1.55. The van der Waals surface area contributed by atoms with Crippen LogP contribution in [0.25, 0.3) is 5.69 Å². The Balaban J connectivity index is 1.64. The summed E-state index contributed by atoms with van der Waals surface area (Å²) in [7, 11) is 0. The lowest BCUT2D eigenvalue weighted by Crippen LogP contribution is -2.22. The van der Waals surface area contributed by atoms with Crippen molar-refractivity contribution in [1.29, 1.82) is 0 Å². The minimum atomic E-state index is -0.703. The number of halogens is 2. The molecule has 0 amide bonds. The predicted octanol–water partition coefficient (Wildman–Crippen LogP) is 5.00. The fourth-order valence-electron chi connectivity index (χ4n) is 3.31. The number of rotatable bonds is 6. The van der Waals surface area contributed by atoms with Gasteiger partial charge in [-0.05, 0) is 36.6 Å². The summed E-state index contributed by atoms with van der Waals surface area (Å²) < 4.78 is 1.98. The normalized spacial score (nSPS) is 15.2. The Morgan fingerprint density at radius 3 is 2.36 bits per heavy atom. The first-order chi connectivity index (χ1) is 13.6. The highest BCUT2D eigenvalue weighted by Crippen LogP contribution is 2.34. The number of hydrogen-bond donors (Lipinski definition) is 1. The van der Waals surface area contributed by atoms with E-state index in [0.717, 1.165) is 37.6 Å². The van der Waals surface area contributed by atoms with Crippen molar-refractivity contribution in [2.24, 2.45) is 0 Å². The second-order valence-corrected chi connectivity index (χ2v) is 8.41. The molecule has 5 nitrogen and oxygen atoms in total. The van der Waals surface area contributed by atoms with Crippen LogP contribution >= 0.6 is 35.0 Å². The van der Waals surface area contributed by atoms with Gasteiger partial charge in [0.25, 0.3) is 0 Å². The zero-order chi connectivity index (χ0) is 19.5. The van der Waals surface area contributed by atoms with Crippen LogP contribution < -0.4 is 4.90 Å². The minimum Gasteiger partial charge on any atom is -0.387 e. The fraction of sp³-hybridized carbons (Fsp3) is 0.300. The monoisotopic (exact) mass is 434 g/mol. The molecule has 1 aromatic heterocycles. The molecule has 0 spiro atoms. The maximum atomic E-state index is 10.6. The first-order valence-electron chi connectivity index (χ1n) is 9.15. The summed E-state index contributed by atoms with van der Waals surface area (Å²) in [5.74, 6) is 1.20. The van der Waals surface area contributed by atoms with Gasteiger partial charge in [-0.25, -0.2) is 0 Å². The number of aliphatic hydroxyl groups excluding tert-OH is 1. The van der Waals surface area contributed by atoms with Gasteiger partial charge in [0.15, 0.2) is 5.16 Å². The summed E-state index contributed by atoms with van der Waals surface area (Å²) in [5, 5.41) is 21.3. The SMILES string of the molecule is OC(CSc1nnc(N2CCCC2)n1-c1ccccc1Cl)c1ccccc1Cl. The van der Waals surface area contributed by atoms with Crippen LogP contribution in [-0.4, -0.2) is 38.7 Å². The molecular formula is C20H20Cl2N4OS. The van der Waals surface area contributed by atoms with E-state index < -0.39 is 6.10 Å². The lowest BCUT2D eigenvalue weighted by molar-refractivity contribution is 0.204. The predicted molar refractivity (Wildman–Crippen MR) is 115 cm³/mol. The van der Waals surface area contributed by atoms with E-state index in [0.29, 0.717) is 26.5 Å². The molecule has 0 radical (unpaired) electrons. The molecule has 1 aliphatic heterocycles. The lowest BCUT2D eigenvalue weighted by atomic mass is 10.1. The minimum absolute atomic E-state index is 0.409. The maximum Gasteiger partial charge on any atom is 0.232 e. The highest BCUT2D eigenvalue weighted by Gasteiger charge is 2.24. The average molecular weight is 435 g/mol. The van der Waals surface area contributed by atoms with Gasteiger partial charge in [0.05, 0.1) is 16.8 Å². The first kappa shape index (κ1) is 19.6. The molecule has 1 N–H and O–H groups in total. The van der Waals surface area contributed by atoms with Gasteiger partial charge in [-0.15, -0.1) is 10.2 Å². The van der Waals surface area contributed by atoms with E-state index in [9.17, 15) is 5.11 Å². The number of nitrogens with zero attached hydrogens (tertiary/aromatic N) is 4. The number of benzene rings is 2. The molecule has 1 aliphatic rings. The van der Waals surface area contributed by atoms with Gasteiger partial charge < -0.3 is 10.0 Å². The standard InChI is InChI=1S/C20H20Cl2N4OS/c21-15-8-2-1-7-14(15)18(27)13-28-20-24-23-19(25-11-5-6-12-25)26(20)17-10-4-3-9-16(17)22/h1-4,7-10,18,27H,5-6,11-13H2. The Hall–Kier alpha value is -1.73. The molecule has 2 aromatic carbocycles. The van der Waals surface area contributed by atoms with Crippen LogP contribution in [0, 0.1) is 0 Å². The second kappa shape index (κ2) is 8.74. The van der Waals surface area contributed by atoms with Crippen molar-refractivity contribution in [1.82, 2.24) is 14.8 Å². The smallest absolute Gasteiger partial charge is 0.232 e. The zero-order valence-electron chi connectivity index (χ0n) is 15.1. The third kappa shape index (κ3) is 4.01. The topological polar surface area (TPSA) is 54.2 Å². The van der Waals surface area contributed by atoms with E-state index in [4.69, 9.17) is 23.2 Å². The number of para-hydroxylation sites is 1. The van der Waals surface area contributed by atoms with Crippen LogP contribution in [0.4, 0.5) is 5.95 Å². The molecule has 0 saturated carbocycles. The third-order valence-electron chi connectivity index (χ3n) is 4.73. The number of hydrogen-bond acceptors (Lipinski definition) is 5. The summed E-state index contributed by atoms with van der Waals surface area (Å²) in [6, 6.07) is 15.0. The quantitative estimate of drug-likeness (QED) is 0.553. The molecule has 0 bridgehead atoms. The van der Waals surface area contributed by atoms with Crippen molar-refractivity contribution in [2.45, 2.75) is 24.1 Å². The first-order valence-corrected chi connectivity index (χ1v) is 10.9. The van der Waals surface area contributed by atoms with Crippen molar-refractivity contribution in [3.63, 3.8) is 0 Å².